The Bertz CT molecular complexity index is 256. The van der Waals surface area contributed by atoms with Crippen LogP contribution in [0.1, 0.15) is 44.5 Å². The smallest absolute Gasteiger partial charge is 0.0396 e. The van der Waals surface area contributed by atoms with E-state index in [0.29, 0.717) is 6.04 Å². The van der Waals surface area contributed by atoms with E-state index in [1.54, 1.807) is 0 Å². The molecule has 1 aromatic heterocycles. The van der Waals surface area contributed by atoms with Crippen molar-refractivity contribution in [3.8, 4) is 0 Å². The summed E-state index contributed by atoms with van der Waals surface area (Å²) in [6, 6.07) is 4.85. The van der Waals surface area contributed by atoms with Crippen molar-refractivity contribution in [2.45, 2.75) is 53.0 Å². The van der Waals surface area contributed by atoms with Crippen molar-refractivity contribution in [2.75, 3.05) is 5.43 Å². The van der Waals surface area contributed by atoms with E-state index in [0.717, 1.165) is 0 Å². The van der Waals surface area contributed by atoms with Crippen LogP contribution >= 0.6 is 0 Å². The van der Waals surface area contributed by atoms with Crippen molar-refractivity contribution in [3.05, 3.63) is 23.5 Å². The topological polar surface area (TPSA) is 17.0 Å². The molecule has 0 bridgehead atoms. The maximum Gasteiger partial charge on any atom is 0.0396 e. The van der Waals surface area contributed by atoms with E-state index in [4.69, 9.17) is 0 Å². The van der Waals surface area contributed by atoms with Gasteiger partial charge in [0.15, 0.2) is 0 Å². The fourth-order valence-electron chi connectivity index (χ4n) is 1.67. The van der Waals surface area contributed by atoms with Gasteiger partial charge in [0.1, 0.15) is 0 Å². The van der Waals surface area contributed by atoms with E-state index >= 15 is 0 Å². The van der Waals surface area contributed by atoms with Crippen LogP contribution in [0.4, 0.5) is 0 Å². The monoisotopic (exact) mass is 194 g/mol. The first-order chi connectivity index (χ1) is 6.65. The molecule has 1 N–H and O–H groups in total. The first kappa shape index (κ1) is 11.2. The molecular weight excluding hydrogens is 172 g/mol. The summed E-state index contributed by atoms with van der Waals surface area (Å²) in [6.07, 6.45) is 3.82. The van der Waals surface area contributed by atoms with Gasteiger partial charge in [0, 0.05) is 17.4 Å². The van der Waals surface area contributed by atoms with E-state index in [1.807, 2.05) is 0 Å². The maximum absolute atomic E-state index is 3.51. The lowest BCUT2D eigenvalue weighted by Crippen LogP contribution is -2.26. The van der Waals surface area contributed by atoms with Crippen LogP contribution in [-0.4, -0.2) is 10.7 Å². The molecular formula is C12H22N2. The Hall–Kier alpha value is -0.920. The van der Waals surface area contributed by atoms with Gasteiger partial charge in [-0.05, 0) is 39.3 Å². The first-order valence-electron chi connectivity index (χ1n) is 5.56. The fourth-order valence-corrected chi connectivity index (χ4v) is 1.67. The second-order valence-electron chi connectivity index (χ2n) is 4.12. The Morgan fingerprint density at radius 2 is 1.86 bits per heavy atom. The number of unbranched alkanes of at least 4 members (excludes halogenated alkanes) is 1. The molecule has 1 rings (SSSR count). The van der Waals surface area contributed by atoms with Crippen LogP contribution in [0, 0.1) is 13.8 Å². The highest BCUT2D eigenvalue weighted by Crippen LogP contribution is 2.07. The molecule has 0 aliphatic heterocycles. The van der Waals surface area contributed by atoms with Crippen molar-refractivity contribution in [3.63, 3.8) is 0 Å². The lowest BCUT2D eigenvalue weighted by atomic mass is 10.1. The number of nitrogens with zero attached hydrogens (tertiary/aromatic N) is 1. The van der Waals surface area contributed by atoms with Crippen LogP contribution in [0.3, 0.4) is 0 Å². The standard InChI is InChI=1S/C12H22N2/c1-5-6-7-10(2)13-14-11(3)8-9-12(14)4/h8-10,13H,5-7H2,1-4H3. The fraction of sp³-hybridized carbons (Fsp3) is 0.667. The second kappa shape index (κ2) is 5.08. The van der Waals surface area contributed by atoms with E-state index in [2.05, 4.69) is 49.9 Å². The van der Waals surface area contributed by atoms with Crippen molar-refractivity contribution >= 4 is 0 Å². The second-order valence-corrected chi connectivity index (χ2v) is 4.12. The number of aryl methyl sites for hydroxylation is 2. The molecule has 0 aliphatic rings. The van der Waals surface area contributed by atoms with E-state index in [1.165, 1.54) is 30.7 Å². The number of rotatable bonds is 5. The SMILES string of the molecule is CCCCC(C)Nn1c(C)ccc1C. The largest absolute Gasteiger partial charge is 0.323 e. The van der Waals surface area contributed by atoms with E-state index in [-0.39, 0.29) is 0 Å². The molecule has 0 aliphatic carbocycles. The predicted molar refractivity (Wildman–Crippen MR) is 62.3 cm³/mol. The van der Waals surface area contributed by atoms with Gasteiger partial charge in [-0.1, -0.05) is 19.8 Å². The molecule has 0 amide bonds. The van der Waals surface area contributed by atoms with Crippen LogP contribution in [-0.2, 0) is 0 Å². The first-order valence-corrected chi connectivity index (χ1v) is 5.56. The average Bonchev–Trinajstić information content (AvgIpc) is 2.46. The number of nitrogens with one attached hydrogen (secondary N) is 1. The Kier molecular flexibility index (Phi) is 4.05. The molecule has 0 saturated heterocycles. The molecule has 0 fully saturated rings. The van der Waals surface area contributed by atoms with Crippen LogP contribution in [0.15, 0.2) is 12.1 Å². The minimum absolute atomic E-state index is 0.555. The number of hydrogen-bond acceptors (Lipinski definition) is 1. The van der Waals surface area contributed by atoms with Gasteiger partial charge >= 0.3 is 0 Å². The van der Waals surface area contributed by atoms with Gasteiger partial charge < -0.3 is 5.43 Å². The molecule has 2 heteroatoms. The van der Waals surface area contributed by atoms with Gasteiger partial charge in [0.05, 0.1) is 0 Å². The van der Waals surface area contributed by atoms with Gasteiger partial charge in [0.25, 0.3) is 0 Å². The van der Waals surface area contributed by atoms with Gasteiger partial charge in [-0.2, -0.15) is 0 Å². The van der Waals surface area contributed by atoms with Crippen LogP contribution in [0.25, 0.3) is 0 Å². The van der Waals surface area contributed by atoms with Crippen molar-refractivity contribution in [1.29, 1.82) is 0 Å². The third-order valence-electron chi connectivity index (χ3n) is 2.61. The summed E-state index contributed by atoms with van der Waals surface area (Å²) in [4.78, 5) is 0. The van der Waals surface area contributed by atoms with Gasteiger partial charge in [-0.3, -0.25) is 4.68 Å². The lowest BCUT2D eigenvalue weighted by molar-refractivity contribution is 0.587. The van der Waals surface area contributed by atoms with Crippen molar-refractivity contribution in [2.24, 2.45) is 0 Å². The zero-order valence-corrected chi connectivity index (χ0v) is 9.80. The van der Waals surface area contributed by atoms with Crippen molar-refractivity contribution in [1.82, 2.24) is 4.68 Å². The van der Waals surface area contributed by atoms with Crippen molar-refractivity contribution < 1.29 is 0 Å². The van der Waals surface area contributed by atoms with E-state index in [9.17, 15) is 0 Å². The van der Waals surface area contributed by atoms with Gasteiger partial charge in [0.2, 0.25) is 0 Å². The summed E-state index contributed by atoms with van der Waals surface area (Å²) in [5, 5.41) is 0. The minimum atomic E-state index is 0.555. The Morgan fingerprint density at radius 3 is 2.36 bits per heavy atom. The molecule has 2 nitrogen and oxygen atoms in total. The Morgan fingerprint density at radius 1 is 1.29 bits per heavy atom. The summed E-state index contributed by atoms with van der Waals surface area (Å²) in [5.74, 6) is 0. The maximum atomic E-state index is 3.51. The highest BCUT2D eigenvalue weighted by Gasteiger charge is 2.04. The molecule has 14 heavy (non-hydrogen) atoms. The quantitative estimate of drug-likeness (QED) is 0.761. The third kappa shape index (κ3) is 2.79. The minimum Gasteiger partial charge on any atom is -0.323 e. The molecule has 80 valence electrons. The molecule has 0 radical (unpaired) electrons. The summed E-state index contributed by atoms with van der Waals surface area (Å²) >= 11 is 0. The number of hydrogen-bond donors (Lipinski definition) is 1. The third-order valence-corrected chi connectivity index (χ3v) is 2.61. The summed E-state index contributed by atoms with van der Waals surface area (Å²) < 4.78 is 2.18. The molecule has 1 heterocycles. The van der Waals surface area contributed by atoms with Gasteiger partial charge in [-0.25, -0.2) is 0 Å². The molecule has 1 aromatic rings. The average molecular weight is 194 g/mol. The van der Waals surface area contributed by atoms with Crippen LogP contribution in [0.5, 0.6) is 0 Å². The zero-order chi connectivity index (χ0) is 10.6. The summed E-state index contributed by atoms with van der Waals surface area (Å²) in [5.41, 5.74) is 6.08. The lowest BCUT2D eigenvalue weighted by Gasteiger charge is -2.19. The highest BCUT2D eigenvalue weighted by molar-refractivity contribution is 5.15. The zero-order valence-electron chi connectivity index (χ0n) is 9.80. The Labute approximate surface area is 87.3 Å². The highest BCUT2D eigenvalue weighted by atomic mass is 15.4. The molecule has 1 atom stereocenters. The summed E-state index contributed by atoms with van der Waals surface area (Å²) in [7, 11) is 0. The Balaban J connectivity index is 2.51. The van der Waals surface area contributed by atoms with Gasteiger partial charge in [-0.15, -0.1) is 0 Å². The predicted octanol–water partition coefficient (Wildman–Crippen LogP) is 3.23. The molecule has 1 unspecified atom stereocenters. The van der Waals surface area contributed by atoms with E-state index < -0.39 is 0 Å². The van der Waals surface area contributed by atoms with Crippen LogP contribution in [0.2, 0.25) is 0 Å². The molecule has 0 aromatic carbocycles. The molecule has 0 saturated carbocycles. The normalized spacial score (nSPS) is 12.9. The number of aromatic nitrogens is 1. The molecule has 0 spiro atoms. The van der Waals surface area contributed by atoms with Crippen LogP contribution < -0.4 is 5.43 Å². The summed E-state index contributed by atoms with van der Waals surface area (Å²) in [6.45, 7) is 8.74.